The molecule has 3 saturated carbocycles. The van der Waals surface area contributed by atoms with Crippen molar-refractivity contribution in [3.05, 3.63) is 47.3 Å². The molecule has 15 heteroatoms. The lowest BCUT2D eigenvalue weighted by Crippen LogP contribution is -2.44. The predicted octanol–water partition coefficient (Wildman–Crippen LogP) is 4.24. The summed E-state index contributed by atoms with van der Waals surface area (Å²) in [5, 5.41) is 2.97. The molecule has 1 aromatic carbocycles. The fourth-order valence-corrected chi connectivity index (χ4v) is 8.64. The minimum atomic E-state index is -3.62. The van der Waals surface area contributed by atoms with Crippen molar-refractivity contribution in [1.82, 2.24) is 14.9 Å². The summed E-state index contributed by atoms with van der Waals surface area (Å²) in [6.07, 6.45) is 10.3. The highest BCUT2D eigenvalue weighted by atomic mass is 32.2. The van der Waals surface area contributed by atoms with Crippen LogP contribution < -0.4 is 21.5 Å². The maximum atomic E-state index is 14.3. The number of amides is 3. The van der Waals surface area contributed by atoms with Crippen LogP contribution in [0.2, 0.25) is 0 Å². The molecule has 3 aliphatic carbocycles. The first kappa shape index (κ1) is 38.6. The molecule has 1 aromatic rings. The third-order valence-corrected chi connectivity index (χ3v) is 13.2. The van der Waals surface area contributed by atoms with Gasteiger partial charge in [-0.25, -0.2) is 17.6 Å². The lowest BCUT2D eigenvalue weighted by molar-refractivity contribution is -0.123. The van der Waals surface area contributed by atoms with Crippen LogP contribution >= 0.6 is 12.2 Å². The molecule has 0 saturated heterocycles. The molecule has 280 valence electrons. The number of allylic oxidation sites excluding steroid dienone is 2. The van der Waals surface area contributed by atoms with Crippen LogP contribution in [-0.4, -0.2) is 59.0 Å². The second-order valence-corrected chi connectivity index (χ2v) is 17.6. The number of hydrogen-bond donors (Lipinski definition) is 4. The number of rotatable bonds is 16. The molecule has 0 radical (unpaired) electrons. The SMILES string of the molecule is CC1(S(=O)(=O)NC(=O)C2CC2C=CCCCCCC(NC(N)=S)C(=O)CC2CCC(C(N)=O)CC(OC(=O)N3Cc4cccc(F)c4C3)C2)CC1. The van der Waals surface area contributed by atoms with Crippen molar-refractivity contribution >= 4 is 51.0 Å². The van der Waals surface area contributed by atoms with E-state index in [9.17, 15) is 32.0 Å². The maximum Gasteiger partial charge on any atom is 0.410 e. The third kappa shape index (κ3) is 10.3. The van der Waals surface area contributed by atoms with Crippen LogP contribution in [0.4, 0.5) is 9.18 Å². The molecule has 0 aromatic heterocycles. The Bertz CT molecular complexity index is 1650. The molecule has 3 amide bonds. The molecule has 0 spiro atoms. The van der Waals surface area contributed by atoms with Crippen LogP contribution in [-0.2, 0) is 42.2 Å². The summed E-state index contributed by atoms with van der Waals surface area (Å²) in [6, 6.07) is 4.17. The Morgan fingerprint density at radius 1 is 1.10 bits per heavy atom. The zero-order valence-electron chi connectivity index (χ0n) is 29.1. The number of sulfonamides is 1. The Hall–Kier alpha value is -3.59. The Morgan fingerprint density at radius 3 is 2.55 bits per heavy atom. The van der Waals surface area contributed by atoms with Crippen molar-refractivity contribution in [3.8, 4) is 0 Å². The number of primary amides is 1. The highest BCUT2D eigenvalue weighted by molar-refractivity contribution is 7.91. The molecule has 1 aliphatic heterocycles. The van der Waals surface area contributed by atoms with Gasteiger partial charge in [-0.2, -0.15) is 0 Å². The fraction of sp³-hybridized carbons (Fsp3) is 0.639. The van der Waals surface area contributed by atoms with Crippen LogP contribution in [0.5, 0.6) is 0 Å². The van der Waals surface area contributed by atoms with Crippen LogP contribution in [0, 0.1) is 29.5 Å². The van der Waals surface area contributed by atoms with Gasteiger partial charge in [0.2, 0.25) is 21.8 Å². The third-order valence-electron chi connectivity index (χ3n) is 10.9. The lowest BCUT2D eigenvalue weighted by atomic mass is 9.89. The van der Waals surface area contributed by atoms with Crippen molar-refractivity contribution in [2.45, 2.75) is 120 Å². The number of ketones is 1. The summed E-state index contributed by atoms with van der Waals surface area (Å²) >= 11 is 5.06. The smallest absolute Gasteiger partial charge is 0.410 e. The van der Waals surface area contributed by atoms with Gasteiger partial charge in [-0.1, -0.05) is 37.1 Å². The van der Waals surface area contributed by atoms with E-state index in [1.54, 1.807) is 19.1 Å². The number of carbonyl (C=O) groups excluding carboxylic acids is 4. The highest BCUT2D eigenvalue weighted by Gasteiger charge is 2.52. The van der Waals surface area contributed by atoms with Gasteiger partial charge >= 0.3 is 6.09 Å². The Balaban J connectivity index is 1.05. The number of nitrogens with two attached hydrogens (primary N) is 2. The van der Waals surface area contributed by atoms with Crippen molar-refractivity contribution in [2.75, 3.05) is 0 Å². The first-order chi connectivity index (χ1) is 24.2. The maximum absolute atomic E-state index is 14.3. The van der Waals surface area contributed by atoms with Crippen LogP contribution in [0.25, 0.3) is 0 Å². The minimum Gasteiger partial charge on any atom is -0.446 e. The molecule has 5 rings (SSSR count). The normalized spacial score (nSPS) is 25.7. The van der Waals surface area contributed by atoms with E-state index in [1.165, 1.54) is 11.0 Å². The van der Waals surface area contributed by atoms with Gasteiger partial charge in [-0.15, -0.1) is 0 Å². The Labute approximate surface area is 304 Å². The van der Waals surface area contributed by atoms with E-state index in [-0.39, 0.29) is 60.4 Å². The van der Waals surface area contributed by atoms with E-state index in [2.05, 4.69) is 10.0 Å². The second kappa shape index (κ2) is 16.4. The molecule has 6 unspecified atom stereocenters. The predicted molar refractivity (Wildman–Crippen MR) is 192 cm³/mol. The first-order valence-electron chi connectivity index (χ1n) is 18.0. The summed E-state index contributed by atoms with van der Waals surface area (Å²) < 4.78 is 46.2. The molecule has 6 N–H and O–H groups in total. The molecule has 51 heavy (non-hydrogen) atoms. The van der Waals surface area contributed by atoms with Gasteiger partial charge in [-0.05, 0) is 107 Å². The van der Waals surface area contributed by atoms with Gasteiger partial charge < -0.3 is 21.5 Å². The van der Waals surface area contributed by atoms with E-state index < -0.39 is 50.7 Å². The van der Waals surface area contributed by atoms with E-state index >= 15 is 0 Å². The van der Waals surface area contributed by atoms with Gasteiger partial charge in [0.15, 0.2) is 10.9 Å². The molecular weight excluding hydrogens is 698 g/mol. The van der Waals surface area contributed by atoms with E-state index in [0.717, 1.165) is 31.2 Å². The van der Waals surface area contributed by atoms with Crippen LogP contribution in [0.1, 0.15) is 102 Å². The van der Waals surface area contributed by atoms with Crippen LogP contribution in [0.15, 0.2) is 30.4 Å². The quantitative estimate of drug-likeness (QED) is 0.0824. The van der Waals surface area contributed by atoms with E-state index in [4.69, 9.17) is 28.4 Å². The van der Waals surface area contributed by atoms with Crippen molar-refractivity contribution in [3.63, 3.8) is 0 Å². The molecule has 0 bridgehead atoms. The summed E-state index contributed by atoms with van der Waals surface area (Å²) in [6.45, 7) is 1.99. The Morgan fingerprint density at radius 2 is 1.86 bits per heavy atom. The Kier molecular flexibility index (Phi) is 12.4. The number of thiocarbonyl (C=S) groups is 1. The van der Waals surface area contributed by atoms with Gasteiger partial charge in [0.25, 0.3) is 0 Å². The number of fused-ring (bicyclic) bond motifs is 1. The van der Waals surface area contributed by atoms with Gasteiger partial charge in [0, 0.05) is 30.4 Å². The number of carbonyl (C=O) groups is 4. The lowest BCUT2D eigenvalue weighted by Gasteiger charge is -2.25. The summed E-state index contributed by atoms with van der Waals surface area (Å²) in [4.78, 5) is 52.7. The van der Waals surface area contributed by atoms with Crippen molar-refractivity contribution < 1.29 is 36.7 Å². The number of nitrogens with one attached hydrogen (secondary N) is 2. The highest BCUT2D eigenvalue weighted by Crippen LogP contribution is 2.44. The topological polar surface area (TPSA) is 191 Å². The molecule has 12 nitrogen and oxygen atoms in total. The zero-order chi connectivity index (χ0) is 36.9. The zero-order valence-corrected chi connectivity index (χ0v) is 30.7. The molecule has 6 atom stereocenters. The average Bonchev–Trinajstić information content (AvgIpc) is 3.97. The molecule has 4 aliphatic rings. The first-order valence-corrected chi connectivity index (χ1v) is 19.9. The number of Topliss-reactive ketones (excluding diaryl/α,β-unsaturated/α-hetero) is 1. The van der Waals surface area contributed by atoms with Crippen molar-refractivity contribution in [1.29, 1.82) is 0 Å². The second-order valence-electron chi connectivity index (χ2n) is 15.0. The molecular formula is C36H50FN5O7S2. The standard InChI is InChI=1S/C36H50FN5O7S2/c1-36(14-15-36)51(47,48)41-33(45)27-19-23(27)8-5-3-2-4-6-11-30(40-34(39)50)31(43)17-22-12-13-24(32(38)44)18-26(16-22)49-35(46)42-20-25-9-7-10-29(37)28(25)21-42/h5,7-10,22-24,26-27,30H,2-4,6,11-21H2,1H3,(H2,38,44)(H,41,45)(H3,39,40,50). The molecule has 1 heterocycles. The van der Waals surface area contributed by atoms with Gasteiger partial charge in [-0.3, -0.25) is 24.0 Å². The average molecular weight is 748 g/mol. The number of nitrogens with zero attached hydrogens (tertiary/aromatic N) is 1. The minimum absolute atomic E-state index is 0.0304. The number of unbranched alkanes of at least 4 members (excludes halogenated alkanes) is 3. The van der Waals surface area contributed by atoms with E-state index in [1.807, 2.05) is 12.2 Å². The summed E-state index contributed by atoms with van der Waals surface area (Å²) in [7, 11) is -3.62. The number of ether oxygens (including phenoxy) is 1. The largest absolute Gasteiger partial charge is 0.446 e. The fourth-order valence-electron chi connectivity index (χ4n) is 7.20. The monoisotopic (exact) mass is 747 g/mol. The van der Waals surface area contributed by atoms with Crippen molar-refractivity contribution in [2.24, 2.45) is 35.1 Å². The van der Waals surface area contributed by atoms with Crippen LogP contribution in [0.3, 0.4) is 0 Å². The molecule has 3 fully saturated rings. The number of hydrogen-bond acceptors (Lipinski definition) is 8. The number of halogens is 1. The summed E-state index contributed by atoms with van der Waals surface area (Å²) in [5.74, 6) is -2.22. The van der Waals surface area contributed by atoms with Gasteiger partial charge in [0.1, 0.15) is 11.9 Å². The summed E-state index contributed by atoms with van der Waals surface area (Å²) in [5.41, 5.74) is 12.6. The van der Waals surface area contributed by atoms with E-state index in [0.29, 0.717) is 50.5 Å². The number of benzene rings is 1. The van der Waals surface area contributed by atoms with Gasteiger partial charge in [0.05, 0.1) is 17.3 Å².